The minimum absolute atomic E-state index is 0.0146. The molecule has 39 heavy (non-hydrogen) atoms. The van der Waals surface area contributed by atoms with E-state index in [-0.39, 0.29) is 18.7 Å². The van der Waals surface area contributed by atoms with E-state index in [0.717, 1.165) is 30.4 Å². The SMILES string of the molecule is CCCCCCN(C(=O)C(CCC(N)=O)NC(=O)OC(C)(C)C)C(C(=O)NC(C)(C)C)c1cc(C)cc(C)c1. The summed E-state index contributed by atoms with van der Waals surface area (Å²) in [6.07, 6.45) is 2.66. The van der Waals surface area contributed by atoms with Crippen LogP contribution in [0.1, 0.15) is 110 Å². The highest BCUT2D eigenvalue weighted by Gasteiger charge is 2.37. The number of ether oxygens (including phenoxy) is 1. The molecule has 0 spiro atoms. The zero-order chi connectivity index (χ0) is 30.0. The van der Waals surface area contributed by atoms with E-state index in [4.69, 9.17) is 10.5 Å². The summed E-state index contributed by atoms with van der Waals surface area (Å²) in [6, 6.07) is 3.79. The van der Waals surface area contributed by atoms with Gasteiger partial charge in [0.05, 0.1) is 0 Å². The lowest BCUT2D eigenvalue weighted by atomic mass is 9.96. The molecule has 4 amide bonds. The molecule has 0 aliphatic carbocycles. The number of hydrogen-bond donors (Lipinski definition) is 3. The third kappa shape index (κ3) is 13.0. The number of nitrogens with zero attached hydrogens (tertiary/aromatic N) is 1. The van der Waals surface area contributed by atoms with Crippen molar-refractivity contribution in [1.29, 1.82) is 0 Å². The van der Waals surface area contributed by atoms with Crippen LogP contribution in [0, 0.1) is 13.8 Å². The van der Waals surface area contributed by atoms with E-state index in [1.54, 1.807) is 20.8 Å². The second-order valence-electron chi connectivity index (χ2n) is 12.4. The van der Waals surface area contributed by atoms with Crippen molar-refractivity contribution in [2.75, 3.05) is 6.54 Å². The van der Waals surface area contributed by atoms with Crippen LogP contribution in [-0.2, 0) is 19.1 Å². The van der Waals surface area contributed by atoms with E-state index in [1.165, 1.54) is 4.90 Å². The highest BCUT2D eigenvalue weighted by Crippen LogP contribution is 2.27. The highest BCUT2D eigenvalue weighted by atomic mass is 16.6. The van der Waals surface area contributed by atoms with Crippen LogP contribution in [0.3, 0.4) is 0 Å². The smallest absolute Gasteiger partial charge is 0.408 e. The molecule has 0 radical (unpaired) electrons. The number of primary amides is 1. The van der Waals surface area contributed by atoms with E-state index in [0.29, 0.717) is 18.5 Å². The standard InChI is InChI=1S/C30H50N4O5/c1-10-11-12-13-16-34(27(37)23(14-15-24(31)35)32-28(38)39-30(7,8)9)25(26(36)33-29(4,5)6)22-18-20(2)17-21(3)19-22/h17-19,23,25H,10-16H2,1-9H3,(H2,31,35)(H,32,38)(H,33,36). The zero-order valence-electron chi connectivity index (χ0n) is 25.4. The molecule has 9 heteroatoms. The summed E-state index contributed by atoms with van der Waals surface area (Å²) in [5.41, 5.74) is 6.69. The van der Waals surface area contributed by atoms with Crippen LogP contribution in [0.25, 0.3) is 0 Å². The molecular weight excluding hydrogens is 496 g/mol. The molecule has 1 aromatic carbocycles. The number of hydrogen-bond acceptors (Lipinski definition) is 5. The van der Waals surface area contributed by atoms with Crippen LogP contribution in [0.2, 0.25) is 0 Å². The Balaban J connectivity index is 3.61. The maximum Gasteiger partial charge on any atom is 0.408 e. The summed E-state index contributed by atoms with van der Waals surface area (Å²) >= 11 is 0. The lowest BCUT2D eigenvalue weighted by molar-refractivity contribution is -0.143. The van der Waals surface area contributed by atoms with Crippen molar-refractivity contribution in [1.82, 2.24) is 15.5 Å². The molecule has 0 saturated heterocycles. The van der Waals surface area contributed by atoms with Crippen molar-refractivity contribution >= 4 is 23.8 Å². The van der Waals surface area contributed by atoms with Gasteiger partial charge in [0, 0.05) is 18.5 Å². The van der Waals surface area contributed by atoms with Crippen molar-refractivity contribution in [2.24, 2.45) is 5.73 Å². The Hall–Kier alpha value is -3.10. The van der Waals surface area contributed by atoms with E-state index in [9.17, 15) is 19.2 Å². The topological polar surface area (TPSA) is 131 Å². The number of alkyl carbamates (subject to hydrolysis) is 1. The lowest BCUT2D eigenvalue weighted by Crippen LogP contribution is -2.55. The lowest BCUT2D eigenvalue weighted by Gasteiger charge is -2.36. The average Bonchev–Trinajstić information content (AvgIpc) is 2.74. The maximum absolute atomic E-state index is 14.2. The number of nitrogens with two attached hydrogens (primary N) is 1. The number of benzene rings is 1. The molecule has 4 N–H and O–H groups in total. The summed E-state index contributed by atoms with van der Waals surface area (Å²) in [5, 5.41) is 5.67. The molecule has 0 bridgehead atoms. The van der Waals surface area contributed by atoms with Gasteiger partial charge in [0.1, 0.15) is 17.7 Å². The minimum atomic E-state index is -1.10. The third-order valence-electron chi connectivity index (χ3n) is 5.82. The fourth-order valence-electron chi connectivity index (χ4n) is 4.35. The van der Waals surface area contributed by atoms with Gasteiger partial charge in [-0.25, -0.2) is 4.79 Å². The number of amides is 4. The van der Waals surface area contributed by atoms with Crippen molar-refractivity contribution in [2.45, 2.75) is 124 Å². The Kier molecular flexibility index (Phi) is 13.0. The summed E-state index contributed by atoms with van der Waals surface area (Å²) in [6.45, 7) is 17.1. The van der Waals surface area contributed by atoms with E-state index < -0.39 is 41.1 Å². The first-order chi connectivity index (χ1) is 17.9. The number of carbonyl (C=O) groups is 4. The summed E-state index contributed by atoms with van der Waals surface area (Å²) in [7, 11) is 0. The number of unbranched alkanes of at least 4 members (excludes halogenated alkanes) is 3. The fraction of sp³-hybridized carbons (Fsp3) is 0.667. The average molecular weight is 547 g/mol. The molecule has 0 saturated carbocycles. The largest absolute Gasteiger partial charge is 0.444 e. The van der Waals surface area contributed by atoms with Gasteiger partial charge in [-0.1, -0.05) is 55.5 Å². The van der Waals surface area contributed by atoms with E-state index in [1.807, 2.05) is 52.8 Å². The molecule has 0 aliphatic heterocycles. The van der Waals surface area contributed by atoms with Gasteiger partial charge in [-0.2, -0.15) is 0 Å². The molecule has 2 unspecified atom stereocenters. The molecule has 2 atom stereocenters. The van der Waals surface area contributed by atoms with Crippen LogP contribution in [-0.4, -0.2) is 52.4 Å². The van der Waals surface area contributed by atoms with Gasteiger partial charge < -0.3 is 26.0 Å². The van der Waals surface area contributed by atoms with Gasteiger partial charge in [-0.05, 0) is 73.8 Å². The molecule has 0 aromatic heterocycles. The number of carbonyl (C=O) groups excluding carboxylic acids is 4. The number of rotatable bonds is 13. The first-order valence-corrected chi connectivity index (χ1v) is 13.9. The highest BCUT2D eigenvalue weighted by molar-refractivity contribution is 5.92. The number of aryl methyl sites for hydroxylation is 2. The van der Waals surface area contributed by atoms with Gasteiger partial charge in [0.15, 0.2) is 0 Å². The molecule has 9 nitrogen and oxygen atoms in total. The molecule has 1 rings (SSSR count). The van der Waals surface area contributed by atoms with Crippen LogP contribution in [0.4, 0.5) is 4.79 Å². The van der Waals surface area contributed by atoms with Gasteiger partial charge in [-0.15, -0.1) is 0 Å². The van der Waals surface area contributed by atoms with Crippen LogP contribution < -0.4 is 16.4 Å². The summed E-state index contributed by atoms with van der Waals surface area (Å²) in [4.78, 5) is 53.9. The second-order valence-corrected chi connectivity index (χ2v) is 12.4. The number of nitrogens with one attached hydrogen (secondary N) is 2. The Labute approximate surface area is 234 Å². The van der Waals surface area contributed by atoms with Crippen molar-refractivity contribution in [3.63, 3.8) is 0 Å². The van der Waals surface area contributed by atoms with Crippen molar-refractivity contribution in [3.8, 4) is 0 Å². The van der Waals surface area contributed by atoms with E-state index >= 15 is 0 Å². The fourth-order valence-corrected chi connectivity index (χ4v) is 4.35. The summed E-state index contributed by atoms with van der Waals surface area (Å²) < 4.78 is 5.39. The van der Waals surface area contributed by atoms with Crippen molar-refractivity contribution < 1.29 is 23.9 Å². The minimum Gasteiger partial charge on any atom is -0.444 e. The van der Waals surface area contributed by atoms with E-state index in [2.05, 4.69) is 17.6 Å². The third-order valence-corrected chi connectivity index (χ3v) is 5.82. The Bertz CT molecular complexity index is 974. The Morgan fingerprint density at radius 1 is 0.949 bits per heavy atom. The van der Waals surface area contributed by atoms with Gasteiger partial charge in [-0.3, -0.25) is 14.4 Å². The molecule has 0 fully saturated rings. The first kappa shape index (κ1) is 33.9. The molecule has 0 aliphatic rings. The predicted octanol–water partition coefficient (Wildman–Crippen LogP) is 4.83. The van der Waals surface area contributed by atoms with Crippen LogP contribution in [0.5, 0.6) is 0 Å². The van der Waals surface area contributed by atoms with Gasteiger partial charge >= 0.3 is 6.09 Å². The monoisotopic (exact) mass is 546 g/mol. The van der Waals surface area contributed by atoms with Crippen LogP contribution in [0.15, 0.2) is 18.2 Å². The summed E-state index contributed by atoms with van der Waals surface area (Å²) in [5.74, 6) is -1.38. The quantitative estimate of drug-likeness (QED) is 0.305. The van der Waals surface area contributed by atoms with Crippen LogP contribution >= 0.6 is 0 Å². The molecule has 220 valence electrons. The first-order valence-electron chi connectivity index (χ1n) is 13.9. The Morgan fingerprint density at radius 2 is 1.54 bits per heavy atom. The second kappa shape index (κ2) is 14.9. The molecule has 1 aromatic rings. The predicted molar refractivity (Wildman–Crippen MR) is 154 cm³/mol. The van der Waals surface area contributed by atoms with Gasteiger partial charge in [0.2, 0.25) is 17.7 Å². The maximum atomic E-state index is 14.2. The molecular formula is C30H50N4O5. The Morgan fingerprint density at radius 3 is 2.03 bits per heavy atom. The van der Waals surface area contributed by atoms with Crippen molar-refractivity contribution in [3.05, 3.63) is 34.9 Å². The normalized spacial score (nSPS) is 13.3. The zero-order valence-corrected chi connectivity index (χ0v) is 25.4. The van der Waals surface area contributed by atoms with Gasteiger partial charge in [0.25, 0.3) is 0 Å². The molecule has 0 heterocycles.